The van der Waals surface area contributed by atoms with E-state index in [0.29, 0.717) is 5.92 Å². The Labute approximate surface area is 197 Å². The van der Waals surface area contributed by atoms with Crippen LogP contribution in [0.4, 0.5) is 0 Å². The van der Waals surface area contributed by atoms with Crippen LogP contribution in [0.1, 0.15) is 60.3 Å². The third kappa shape index (κ3) is 8.09. The van der Waals surface area contributed by atoms with Crippen LogP contribution in [0.5, 0.6) is 0 Å². The zero-order valence-electron chi connectivity index (χ0n) is 20.5. The Kier molecular flexibility index (Phi) is 8.90. The molecule has 7 nitrogen and oxygen atoms in total. The normalized spacial score (nSPS) is 35.7. The van der Waals surface area contributed by atoms with E-state index in [-0.39, 0.29) is 41.8 Å². The molecule has 0 aliphatic carbocycles. The molecule has 7 heteroatoms. The number of nitrogens with one attached hydrogen (secondary N) is 1. The maximum atomic E-state index is 12.3. The molecule has 33 heavy (non-hydrogen) atoms. The second-order valence-electron chi connectivity index (χ2n) is 9.76. The van der Waals surface area contributed by atoms with E-state index in [0.717, 1.165) is 38.9 Å². The number of epoxide rings is 1. The first-order valence-corrected chi connectivity index (χ1v) is 12.1. The number of rotatable bonds is 8. The van der Waals surface area contributed by atoms with Gasteiger partial charge in [0.2, 0.25) is 5.91 Å². The molecule has 3 aliphatic rings. The van der Waals surface area contributed by atoms with Crippen molar-refractivity contribution >= 4 is 11.9 Å². The molecule has 1 spiro atoms. The van der Waals surface area contributed by atoms with Gasteiger partial charge in [0.1, 0.15) is 6.10 Å². The molecule has 0 saturated carbocycles. The molecule has 3 aliphatic heterocycles. The lowest BCUT2D eigenvalue weighted by Gasteiger charge is -2.39. The van der Waals surface area contributed by atoms with Crippen molar-refractivity contribution in [2.45, 2.75) is 96.4 Å². The molecule has 0 bridgehead atoms. The number of allylic oxidation sites excluding steroid dienone is 2. The van der Waals surface area contributed by atoms with Crippen molar-refractivity contribution < 1.29 is 28.5 Å². The molecular weight excluding hydrogens is 422 g/mol. The second-order valence-corrected chi connectivity index (χ2v) is 9.76. The number of carbonyl (C=O) groups is 2. The predicted octanol–water partition coefficient (Wildman–Crippen LogP) is 3.63. The minimum atomic E-state index is -0.437. The number of ether oxygens (including phenoxy) is 4. The Morgan fingerprint density at radius 3 is 2.70 bits per heavy atom. The van der Waals surface area contributed by atoms with E-state index in [4.69, 9.17) is 18.9 Å². The van der Waals surface area contributed by atoms with Crippen molar-refractivity contribution in [3.8, 4) is 0 Å². The van der Waals surface area contributed by atoms with Gasteiger partial charge in [-0.05, 0) is 45.6 Å². The quantitative estimate of drug-likeness (QED) is 0.257. The lowest BCUT2D eigenvalue weighted by Crippen LogP contribution is -2.50. The lowest BCUT2D eigenvalue weighted by atomic mass is 9.88. The van der Waals surface area contributed by atoms with Gasteiger partial charge < -0.3 is 24.3 Å². The van der Waals surface area contributed by atoms with Crippen LogP contribution < -0.4 is 5.32 Å². The molecule has 1 amide bonds. The average Bonchev–Trinajstić information content (AvgIpc) is 3.49. The number of amides is 1. The van der Waals surface area contributed by atoms with E-state index >= 15 is 0 Å². The van der Waals surface area contributed by atoms with Gasteiger partial charge in [-0.2, -0.15) is 0 Å². The molecule has 3 saturated heterocycles. The molecule has 1 N–H and O–H groups in total. The van der Waals surface area contributed by atoms with Crippen molar-refractivity contribution in [3.63, 3.8) is 0 Å². The summed E-state index contributed by atoms with van der Waals surface area (Å²) in [5, 5.41) is 3.02. The van der Waals surface area contributed by atoms with Gasteiger partial charge in [-0.15, -0.1) is 0 Å². The lowest BCUT2D eigenvalue weighted by molar-refractivity contribution is -0.143. The Balaban J connectivity index is 1.43. The fraction of sp³-hybridized carbons (Fsp3) is 0.692. The van der Waals surface area contributed by atoms with Gasteiger partial charge in [-0.25, -0.2) is 0 Å². The highest BCUT2D eigenvalue weighted by Gasteiger charge is 2.48. The van der Waals surface area contributed by atoms with Gasteiger partial charge in [0.05, 0.1) is 43.2 Å². The average molecular weight is 462 g/mol. The fourth-order valence-electron chi connectivity index (χ4n) is 4.51. The van der Waals surface area contributed by atoms with Crippen LogP contribution in [-0.4, -0.2) is 61.1 Å². The van der Waals surface area contributed by atoms with E-state index in [9.17, 15) is 9.59 Å². The van der Waals surface area contributed by atoms with Crippen molar-refractivity contribution in [1.29, 1.82) is 0 Å². The molecule has 0 aromatic heterocycles. The maximum absolute atomic E-state index is 12.3. The third-order valence-corrected chi connectivity index (χ3v) is 6.68. The Bertz CT molecular complexity index is 784. The second kappa shape index (κ2) is 11.4. The van der Waals surface area contributed by atoms with Gasteiger partial charge in [0.25, 0.3) is 0 Å². The first kappa shape index (κ1) is 25.7. The van der Waals surface area contributed by atoms with Crippen LogP contribution in [0, 0.1) is 5.92 Å². The van der Waals surface area contributed by atoms with E-state index in [1.165, 1.54) is 18.6 Å². The summed E-state index contributed by atoms with van der Waals surface area (Å²) in [4.78, 5) is 23.2. The molecule has 7 unspecified atom stereocenters. The van der Waals surface area contributed by atoms with E-state index < -0.39 is 6.10 Å². The Hall–Kier alpha value is -1.96. The predicted molar refractivity (Wildman–Crippen MR) is 126 cm³/mol. The summed E-state index contributed by atoms with van der Waals surface area (Å²) in [5.74, 6) is -0.258. The highest BCUT2D eigenvalue weighted by atomic mass is 16.6. The summed E-state index contributed by atoms with van der Waals surface area (Å²) in [6.45, 7) is 11.0. The summed E-state index contributed by atoms with van der Waals surface area (Å²) in [5.41, 5.74) is 1.29. The maximum Gasteiger partial charge on any atom is 0.303 e. The number of esters is 1. The van der Waals surface area contributed by atoms with Crippen molar-refractivity contribution in [1.82, 2.24) is 5.32 Å². The van der Waals surface area contributed by atoms with Gasteiger partial charge >= 0.3 is 5.97 Å². The van der Waals surface area contributed by atoms with Crippen LogP contribution >= 0.6 is 0 Å². The van der Waals surface area contributed by atoms with Gasteiger partial charge in [0, 0.05) is 25.8 Å². The van der Waals surface area contributed by atoms with Crippen molar-refractivity contribution in [3.05, 3.63) is 36.0 Å². The number of hydrogen-bond donors (Lipinski definition) is 1. The topological polar surface area (TPSA) is 86.4 Å². The van der Waals surface area contributed by atoms with E-state index in [2.05, 4.69) is 37.4 Å². The first-order chi connectivity index (χ1) is 15.7. The van der Waals surface area contributed by atoms with Gasteiger partial charge in [0.15, 0.2) is 0 Å². The monoisotopic (exact) mass is 461 g/mol. The minimum Gasteiger partial charge on any atom is -0.459 e. The third-order valence-electron chi connectivity index (χ3n) is 6.68. The highest BCUT2D eigenvalue weighted by Crippen LogP contribution is 2.39. The van der Waals surface area contributed by atoms with Crippen molar-refractivity contribution in [2.75, 3.05) is 13.2 Å². The molecule has 3 fully saturated rings. The van der Waals surface area contributed by atoms with Gasteiger partial charge in [-0.1, -0.05) is 30.7 Å². The molecule has 3 heterocycles. The Morgan fingerprint density at radius 1 is 1.24 bits per heavy atom. The summed E-state index contributed by atoms with van der Waals surface area (Å²) in [6.07, 6.45) is 12.9. The van der Waals surface area contributed by atoms with E-state index in [1.54, 1.807) is 13.0 Å². The van der Waals surface area contributed by atoms with Gasteiger partial charge in [-0.3, -0.25) is 9.59 Å². The summed E-state index contributed by atoms with van der Waals surface area (Å²) in [7, 11) is 0. The SMILES string of the molecule is CC(=O)OC(C)/C=C\C(=O)NC1CC(C)C(C/C=C(C)/C=C/C2CC3(CCO2)CO3)OC1C. The molecule has 3 rings (SSSR count). The largest absolute Gasteiger partial charge is 0.459 e. The molecule has 184 valence electrons. The van der Waals surface area contributed by atoms with Crippen LogP contribution in [0.3, 0.4) is 0 Å². The molecule has 0 aromatic carbocycles. The smallest absolute Gasteiger partial charge is 0.303 e. The van der Waals surface area contributed by atoms with Crippen LogP contribution in [0.2, 0.25) is 0 Å². The molecule has 0 radical (unpaired) electrons. The summed E-state index contributed by atoms with van der Waals surface area (Å²) in [6, 6.07) is -0.0529. The van der Waals surface area contributed by atoms with Crippen molar-refractivity contribution in [2.24, 2.45) is 5.92 Å². The summed E-state index contributed by atoms with van der Waals surface area (Å²) >= 11 is 0. The standard InChI is InChI=1S/C26H39NO6/c1-17(6-9-22-15-26(16-31-26)12-13-30-22)7-10-24-18(2)14-23(20(4)33-24)27-25(29)11-8-19(3)32-21(5)28/h6-9,11,18-20,22-24H,10,12-16H2,1-5H3,(H,27,29)/b9-6+,11-8-,17-7+. The molecular formula is C26H39NO6. The molecule has 7 atom stereocenters. The van der Waals surface area contributed by atoms with Crippen LogP contribution in [-0.2, 0) is 28.5 Å². The zero-order chi connectivity index (χ0) is 24.0. The fourth-order valence-corrected chi connectivity index (χ4v) is 4.51. The number of carbonyl (C=O) groups excluding carboxylic acids is 2. The molecule has 0 aromatic rings. The Morgan fingerprint density at radius 2 is 2.00 bits per heavy atom. The highest BCUT2D eigenvalue weighted by molar-refractivity contribution is 5.87. The van der Waals surface area contributed by atoms with Crippen LogP contribution in [0.15, 0.2) is 36.0 Å². The zero-order valence-corrected chi connectivity index (χ0v) is 20.5. The van der Waals surface area contributed by atoms with Crippen LogP contribution in [0.25, 0.3) is 0 Å². The summed E-state index contributed by atoms with van der Waals surface area (Å²) < 4.78 is 22.7. The first-order valence-electron chi connectivity index (χ1n) is 12.1. The minimum absolute atomic E-state index is 0.0529. The van der Waals surface area contributed by atoms with E-state index in [1.807, 2.05) is 6.92 Å². The number of hydrogen-bond acceptors (Lipinski definition) is 6.